The zero-order valence-electron chi connectivity index (χ0n) is 22.2. The highest BCUT2D eigenvalue weighted by molar-refractivity contribution is 7.07. The molecule has 40 heavy (non-hydrogen) atoms. The molecule has 0 fully saturated rings. The van der Waals surface area contributed by atoms with Crippen LogP contribution in [-0.2, 0) is 16.1 Å². The molecule has 3 aromatic carbocycles. The van der Waals surface area contributed by atoms with Gasteiger partial charge in [0.1, 0.15) is 12.4 Å². The molecule has 4 aromatic rings. The third-order valence-electron chi connectivity index (χ3n) is 6.56. The number of esters is 1. The van der Waals surface area contributed by atoms with Gasteiger partial charge in [-0.05, 0) is 53.5 Å². The monoisotopic (exact) mass is 558 g/mol. The van der Waals surface area contributed by atoms with Crippen LogP contribution in [0.5, 0.6) is 11.5 Å². The highest BCUT2D eigenvalue weighted by Crippen LogP contribution is 2.32. The van der Waals surface area contributed by atoms with Gasteiger partial charge in [0.25, 0.3) is 5.56 Å². The van der Waals surface area contributed by atoms with E-state index in [1.54, 1.807) is 34.9 Å². The molecule has 5 rings (SSSR count). The number of benzene rings is 3. The third kappa shape index (κ3) is 5.33. The number of allylic oxidation sites excluding steroid dienone is 1. The van der Waals surface area contributed by atoms with E-state index < -0.39 is 12.0 Å². The summed E-state index contributed by atoms with van der Waals surface area (Å²) in [6.45, 7) is 2.17. The second kappa shape index (κ2) is 11.7. The second-order valence-corrected chi connectivity index (χ2v) is 10.0. The van der Waals surface area contributed by atoms with Crippen molar-refractivity contribution in [2.45, 2.75) is 26.0 Å². The van der Waals surface area contributed by atoms with Crippen LogP contribution in [0, 0.1) is 5.82 Å². The van der Waals surface area contributed by atoms with E-state index in [-0.39, 0.29) is 18.0 Å². The Morgan fingerprint density at radius 3 is 2.48 bits per heavy atom. The van der Waals surface area contributed by atoms with Crippen molar-refractivity contribution < 1.29 is 23.4 Å². The number of thiazole rings is 1. The number of nitrogens with zero attached hydrogens (tertiary/aromatic N) is 2. The summed E-state index contributed by atoms with van der Waals surface area (Å²) in [5.41, 5.74) is 3.04. The van der Waals surface area contributed by atoms with E-state index in [9.17, 15) is 14.0 Å². The minimum absolute atomic E-state index is 0.246. The highest BCUT2D eigenvalue weighted by atomic mass is 32.1. The van der Waals surface area contributed by atoms with Crippen LogP contribution >= 0.6 is 11.3 Å². The van der Waals surface area contributed by atoms with Gasteiger partial charge in [-0.2, -0.15) is 0 Å². The van der Waals surface area contributed by atoms with Gasteiger partial charge in [-0.3, -0.25) is 9.36 Å². The summed E-state index contributed by atoms with van der Waals surface area (Å²) in [5, 5.41) is 0. The fourth-order valence-electron chi connectivity index (χ4n) is 4.60. The summed E-state index contributed by atoms with van der Waals surface area (Å²) in [6.07, 6.45) is 2.28. The molecule has 0 saturated heterocycles. The first-order chi connectivity index (χ1) is 19.4. The summed E-state index contributed by atoms with van der Waals surface area (Å²) in [7, 11) is 2.87. The van der Waals surface area contributed by atoms with E-state index in [0.29, 0.717) is 38.5 Å². The third-order valence-corrected chi connectivity index (χ3v) is 7.54. The lowest BCUT2D eigenvalue weighted by Crippen LogP contribution is -2.40. The van der Waals surface area contributed by atoms with Gasteiger partial charge in [0.05, 0.1) is 36.1 Å². The SMILES string of the molecule is CCC1=C(C(=O)OC)[C@H](c2ccccc2)n2c(s/c(=C\c3ccc(OCc4ccc(F)cc4)c(OC)c3)c2=O)=N1. The van der Waals surface area contributed by atoms with Crippen molar-refractivity contribution in [3.8, 4) is 11.5 Å². The van der Waals surface area contributed by atoms with Crippen molar-refractivity contribution in [1.82, 2.24) is 4.57 Å². The van der Waals surface area contributed by atoms with Gasteiger partial charge in [-0.15, -0.1) is 0 Å². The summed E-state index contributed by atoms with van der Waals surface area (Å²) >= 11 is 1.26. The predicted octanol–water partition coefficient (Wildman–Crippen LogP) is 4.53. The Labute approximate surface area is 234 Å². The molecule has 0 aliphatic carbocycles. The number of carbonyl (C=O) groups excluding carboxylic acids is 1. The van der Waals surface area contributed by atoms with Crippen LogP contribution < -0.4 is 24.4 Å². The number of hydrogen-bond acceptors (Lipinski definition) is 7. The van der Waals surface area contributed by atoms with Gasteiger partial charge in [0, 0.05) is 0 Å². The second-order valence-electron chi connectivity index (χ2n) is 9.02. The van der Waals surface area contributed by atoms with Crippen molar-refractivity contribution in [2.24, 2.45) is 4.99 Å². The van der Waals surface area contributed by atoms with Crippen molar-refractivity contribution in [3.63, 3.8) is 0 Å². The Balaban J connectivity index is 1.55. The van der Waals surface area contributed by atoms with Gasteiger partial charge in [-0.25, -0.2) is 14.2 Å². The molecule has 1 aromatic heterocycles. The molecule has 204 valence electrons. The van der Waals surface area contributed by atoms with Crippen molar-refractivity contribution in [1.29, 1.82) is 0 Å². The maximum absolute atomic E-state index is 13.8. The maximum atomic E-state index is 13.8. The zero-order chi connectivity index (χ0) is 28.2. The number of carbonyl (C=O) groups is 1. The van der Waals surface area contributed by atoms with E-state index in [2.05, 4.69) is 0 Å². The van der Waals surface area contributed by atoms with E-state index >= 15 is 0 Å². The van der Waals surface area contributed by atoms with Crippen LogP contribution in [0.4, 0.5) is 4.39 Å². The van der Waals surface area contributed by atoms with Crippen LogP contribution in [0.2, 0.25) is 0 Å². The van der Waals surface area contributed by atoms with Gasteiger partial charge in [0.2, 0.25) is 0 Å². The first-order valence-electron chi connectivity index (χ1n) is 12.7. The smallest absolute Gasteiger partial charge is 0.338 e. The first kappa shape index (κ1) is 27.1. The van der Waals surface area contributed by atoms with Gasteiger partial charge in [0.15, 0.2) is 16.3 Å². The lowest BCUT2D eigenvalue weighted by molar-refractivity contribution is -0.136. The Bertz CT molecular complexity index is 1760. The number of aromatic nitrogens is 1. The number of methoxy groups -OCH3 is 2. The molecule has 0 saturated carbocycles. The molecule has 0 unspecified atom stereocenters. The molecule has 7 nitrogen and oxygen atoms in total. The predicted molar refractivity (Wildman–Crippen MR) is 151 cm³/mol. The van der Waals surface area contributed by atoms with Gasteiger partial charge in [-0.1, -0.05) is 66.8 Å². The van der Waals surface area contributed by atoms with Crippen LogP contribution in [-0.4, -0.2) is 24.8 Å². The molecule has 1 aliphatic heterocycles. The Hall–Kier alpha value is -4.50. The number of halogens is 1. The van der Waals surface area contributed by atoms with Gasteiger partial charge >= 0.3 is 5.97 Å². The summed E-state index contributed by atoms with van der Waals surface area (Å²) in [4.78, 5) is 31.9. The fraction of sp³-hybridized carbons (Fsp3) is 0.194. The Morgan fingerprint density at radius 2 is 1.80 bits per heavy atom. The average Bonchev–Trinajstić information content (AvgIpc) is 3.30. The molecule has 9 heteroatoms. The summed E-state index contributed by atoms with van der Waals surface area (Å²) in [6, 6.07) is 20.2. The molecular formula is C31H27FN2O5S. The van der Waals surface area contributed by atoms with Gasteiger partial charge < -0.3 is 14.2 Å². The lowest BCUT2D eigenvalue weighted by Gasteiger charge is -2.25. The minimum Gasteiger partial charge on any atom is -0.493 e. The first-order valence-corrected chi connectivity index (χ1v) is 13.5. The highest BCUT2D eigenvalue weighted by Gasteiger charge is 2.33. The molecule has 0 spiro atoms. The standard InChI is InChI=1S/C31H27FN2O5S/c1-4-23-27(30(36)38-3)28(21-8-6-5-7-9-21)34-29(35)26(40-31(34)33-23)17-20-12-15-24(25(16-20)37-2)39-18-19-10-13-22(32)14-11-19/h5-17,28H,4,18H2,1-3H3/b26-17-/t28-/m0/s1. The average molecular weight is 559 g/mol. The maximum Gasteiger partial charge on any atom is 0.338 e. The molecule has 0 radical (unpaired) electrons. The van der Waals surface area contributed by atoms with Crippen molar-refractivity contribution in [2.75, 3.05) is 14.2 Å². The number of ether oxygens (including phenoxy) is 3. The van der Waals surface area contributed by atoms with Crippen molar-refractivity contribution in [3.05, 3.63) is 126 Å². The lowest BCUT2D eigenvalue weighted by atomic mass is 9.95. The summed E-state index contributed by atoms with van der Waals surface area (Å²) in [5.74, 6) is 0.194. The molecule has 0 N–H and O–H groups in total. The van der Waals surface area contributed by atoms with Crippen molar-refractivity contribution >= 4 is 23.4 Å². The van der Waals surface area contributed by atoms with Crippen LogP contribution in [0.15, 0.2) is 93.9 Å². The quantitative estimate of drug-likeness (QED) is 0.297. The topological polar surface area (TPSA) is 79.1 Å². The Morgan fingerprint density at radius 1 is 1.05 bits per heavy atom. The van der Waals surface area contributed by atoms with E-state index in [1.807, 2.05) is 43.3 Å². The normalized spacial score (nSPS) is 14.9. The number of rotatable bonds is 8. The number of fused-ring (bicyclic) bond motifs is 1. The zero-order valence-corrected chi connectivity index (χ0v) is 23.0. The molecule has 1 aliphatic rings. The van der Waals surface area contributed by atoms with E-state index in [4.69, 9.17) is 19.2 Å². The van der Waals surface area contributed by atoms with E-state index in [1.165, 1.54) is 37.7 Å². The molecular weight excluding hydrogens is 531 g/mol. The molecule has 2 heterocycles. The largest absolute Gasteiger partial charge is 0.493 e. The summed E-state index contributed by atoms with van der Waals surface area (Å²) < 4.78 is 31.8. The van der Waals surface area contributed by atoms with Crippen LogP contribution in [0.3, 0.4) is 0 Å². The fourth-order valence-corrected chi connectivity index (χ4v) is 5.62. The molecule has 0 bridgehead atoms. The molecule has 0 amide bonds. The number of hydrogen-bond donors (Lipinski definition) is 0. The Kier molecular flexibility index (Phi) is 7.93. The molecule has 1 atom stereocenters. The van der Waals surface area contributed by atoms with Crippen LogP contribution in [0.1, 0.15) is 36.1 Å². The van der Waals surface area contributed by atoms with Crippen LogP contribution in [0.25, 0.3) is 6.08 Å². The minimum atomic E-state index is -0.654. The van der Waals surface area contributed by atoms with E-state index in [0.717, 1.165) is 16.7 Å².